The molecule has 2 unspecified atom stereocenters. The molecule has 2 rings (SSSR count). The van der Waals surface area contributed by atoms with Crippen molar-refractivity contribution in [1.29, 1.82) is 0 Å². The molecule has 0 saturated carbocycles. The Kier molecular flexibility index (Phi) is 3.47. The maximum Gasteiger partial charge on any atom is 0.282 e. The first-order valence-electron chi connectivity index (χ1n) is 5.96. The lowest BCUT2D eigenvalue weighted by Crippen LogP contribution is -2.50. The maximum atomic E-state index is 12.9. The molecule has 2 heterocycles. The van der Waals surface area contributed by atoms with Crippen molar-refractivity contribution in [2.75, 3.05) is 20.2 Å². The monoisotopic (exact) mass is 234 g/mol. The van der Waals surface area contributed by atoms with E-state index in [1.807, 2.05) is 0 Å². The zero-order valence-corrected chi connectivity index (χ0v) is 9.63. The highest BCUT2D eigenvalue weighted by molar-refractivity contribution is 4.96. The minimum absolute atomic E-state index is 0.186. The van der Waals surface area contributed by atoms with E-state index in [0.29, 0.717) is 12.1 Å². The molecule has 2 aliphatic rings. The van der Waals surface area contributed by atoms with Gasteiger partial charge in [0.15, 0.2) is 0 Å². The van der Waals surface area contributed by atoms with Crippen LogP contribution in [0.3, 0.4) is 0 Å². The van der Waals surface area contributed by atoms with E-state index in [1.54, 1.807) is 0 Å². The zero-order valence-electron chi connectivity index (χ0n) is 9.63. The third kappa shape index (κ3) is 2.52. The Bertz CT molecular complexity index is 236. The van der Waals surface area contributed by atoms with Crippen molar-refractivity contribution >= 4 is 0 Å². The lowest BCUT2D eigenvalue weighted by atomic mass is 9.98. The SMILES string of the molecule is CN1C2CCC1CC(NCC(F)(F)CO)C2. The van der Waals surface area contributed by atoms with Crippen molar-refractivity contribution in [2.24, 2.45) is 0 Å². The number of aliphatic hydroxyl groups excluding tert-OH is 1. The molecule has 2 aliphatic heterocycles. The fourth-order valence-corrected chi connectivity index (χ4v) is 2.93. The zero-order chi connectivity index (χ0) is 11.8. The average Bonchev–Trinajstić information content (AvgIpc) is 2.51. The topological polar surface area (TPSA) is 35.5 Å². The fourth-order valence-electron chi connectivity index (χ4n) is 2.93. The summed E-state index contributed by atoms with van der Waals surface area (Å²) in [5, 5.41) is 11.4. The number of aliphatic hydroxyl groups is 1. The number of halogens is 2. The number of alkyl halides is 2. The number of nitrogens with one attached hydrogen (secondary N) is 1. The molecule has 2 atom stereocenters. The third-order valence-electron chi connectivity index (χ3n) is 3.98. The molecule has 0 aromatic carbocycles. The van der Waals surface area contributed by atoms with Crippen LogP contribution in [0.15, 0.2) is 0 Å². The summed E-state index contributed by atoms with van der Waals surface area (Å²) in [6.45, 7) is -1.48. The van der Waals surface area contributed by atoms with Crippen LogP contribution in [0.4, 0.5) is 8.78 Å². The molecule has 0 amide bonds. The normalized spacial score (nSPS) is 35.6. The van der Waals surface area contributed by atoms with Crippen molar-refractivity contribution in [3.63, 3.8) is 0 Å². The molecular weight excluding hydrogens is 214 g/mol. The lowest BCUT2D eigenvalue weighted by molar-refractivity contribution is -0.0511. The van der Waals surface area contributed by atoms with Gasteiger partial charge in [0.2, 0.25) is 0 Å². The Morgan fingerprint density at radius 3 is 2.38 bits per heavy atom. The predicted molar refractivity (Wildman–Crippen MR) is 57.6 cm³/mol. The summed E-state index contributed by atoms with van der Waals surface area (Å²) in [4.78, 5) is 2.38. The van der Waals surface area contributed by atoms with Crippen LogP contribution in [0.25, 0.3) is 0 Å². The van der Waals surface area contributed by atoms with Gasteiger partial charge >= 0.3 is 0 Å². The molecule has 0 aliphatic carbocycles. The highest BCUT2D eigenvalue weighted by atomic mass is 19.3. The Morgan fingerprint density at radius 2 is 1.88 bits per heavy atom. The van der Waals surface area contributed by atoms with E-state index in [9.17, 15) is 8.78 Å². The summed E-state index contributed by atoms with van der Waals surface area (Å²) >= 11 is 0. The number of hydrogen-bond acceptors (Lipinski definition) is 3. The van der Waals surface area contributed by atoms with Gasteiger partial charge in [0.1, 0.15) is 6.61 Å². The number of rotatable bonds is 4. The second-order valence-electron chi connectivity index (χ2n) is 5.11. The van der Waals surface area contributed by atoms with Crippen molar-refractivity contribution < 1.29 is 13.9 Å². The first-order chi connectivity index (χ1) is 7.52. The molecule has 3 nitrogen and oxygen atoms in total. The van der Waals surface area contributed by atoms with Gasteiger partial charge < -0.3 is 15.3 Å². The van der Waals surface area contributed by atoms with Crippen LogP contribution in [0.2, 0.25) is 0 Å². The van der Waals surface area contributed by atoms with Crippen LogP contribution in [0.1, 0.15) is 25.7 Å². The quantitative estimate of drug-likeness (QED) is 0.756. The smallest absolute Gasteiger partial charge is 0.282 e. The second-order valence-corrected chi connectivity index (χ2v) is 5.11. The maximum absolute atomic E-state index is 12.9. The van der Waals surface area contributed by atoms with Gasteiger partial charge in [-0.3, -0.25) is 0 Å². The van der Waals surface area contributed by atoms with Gasteiger partial charge in [-0.25, -0.2) is 8.78 Å². The van der Waals surface area contributed by atoms with E-state index in [0.717, 1.165) is 12.8 Å². The first-order valence-corrected chi connectivity index (χ1v) is 5.96. The third-order valence-corrected chi connectivity index (χ3v) is 3.98. The molecular formula is C11H20F2N2O. The fraction of sp³-hybridized carbons (Fsp3) is 1.00. The van der Waals surface area contributed by atoms with E-state index >= 15 is 0 Å². The van der Waals surface area contributed by atoms with Crippen molar-refractivity contribution in [1.82, 2.24) is 10.2 Å². The van der Waals surface area contributed by atoms with E-state index in [-0.39, 0.29) is 6.04 Å². The Labute approximate surface area is 94.8 Å². The van der Waals surface area contributed by atoms with Gasteiger partial charge in [0.25, 0.3) is 5.92 Å². The highest BCUT2D eigenvalue weighted by Crippen LogP contribution is 2.34. The van der Waals surface area contributed by atoms with Crippen LogP contribution in [0.5, 0.6) is 0 Å². The first kappa shape index (κ1) is 12.2. The van der Waals surface area contributed by atoms with Crippen LogP contribution < -0.4 is 5.32 Å². The average molecular weight is 234 g/mol. The number of fused-ring (bicyclic) bond motifs is 2. The molecule has 0 aromatic rings. The van der Waals surface area contributed by atoms with E-state index in [1.165, 1.54) is 12.8 Å². The number of piperidine rings is 1. The van der Waals surface area contributed by atoms with Crippen LogP contribution >= 0.6 is 0 Å². The summed E-state index contributed by atoms with van der Waals surface area (Å²) in [6.07, 6.45) is 4.29. The molecule has 16 heavy (non-hydrogen) atoms. The molecule has 2 N–H and O–H groups in total. The molecule has 0 radical (unpaired) electrons. The molecule has 94 valence electrons. The minimum Gasteiger partial charge on any atom is -0.390 e. The van der Waals surface area contributed by atoms with Gasteiger partial charge in [-0.2, -0.15) is 0 Å². The summed E-state index contributed by atoms with van der Waals surface area (Å²) in [7, 11) is 2.13. The highest BCUT2D eigenvalue weighted by Gasteiger charge is 2.39. The van der Waals surface area contributed by atoms with Crippen LogP contribution in [0, 0.1) is 0 Å². The predicted octanol–water partition coefficient (Wildman–Crippen LogP) is 0.829. The molecule has 2 saturated heterocycles. The standard InChI is InChI=1S/C11H20F2N2O/c1-15-9-2-3-10(15)5-8(4-9)14-6-11(12,13)7-16/h8-10,14,16H,2-7H2,1H3. The minimum atomic E-state index is -2.98. The molecule has 0 spiro atoms. The van der Waals surface area contributed by atoms with Crippen molar-refractivity contribution in [2.45, 2.75) is 49.7 Å². The molecule has 5 heteroatoms. The van der Waals surface area contributed by atoms with Gasteiger partial charge in [-0.1, -0.05) is 0 Å². The Balaban J connectivity index is 1.81. The molecule has 2 bridgehead atoms. The molecule has 2 fully saturated rings. The Morgan fingerprint density at radius 1 is 1.31 bits per heavy atom. The van der Waals surface area contributed by atoms with E-state index < -0.39 is 19.1 Å². The summed E-state index contributed by atoms with van der Waals surface area (Å²) < 4.78 is 25.7. The molecule has 0 aromatic heterocycles. The van der Waals surface area contributed by atoms with Crippen LogP contribution in [-0.4, -0.2) is 54.3 Å². The summed E-state index contributed by atoms with van der Waals surface area (Å²) in [6, 6.07) is 1.30. The largest absolute Gasteiger partial charge is 0.390 e. The van der Waals surface area contributed by atoms with Gasteiger partial charge in [-0.15, -0.1) is 0 Å². The van der Waals surface area contributed by atoms with Gasteiger partial charge in [0.05, 0.1) is 6.54 Å². The number of nitrogens with zero attached hydrogens (tertiary/aromatic N) is 1. The lowest BCUT2D eigenvalue weighted by Gasteiger charge is -2.37. The van der Waals surface area contributed by atoms with Gasteiger partial charge in [-0.05, 0) is 32.7 Å². The second kappa shape index (κ2) is 4.55. The van der Waals surface area contributed by atoms with E-state index in [2.05, 4.69) is 17.3 Å². The van der Waals surface area contributed by atoms with Gasteiger partial charge in [0, 0.05) is 18.1 Å². The van der Waals surface area contributed by atoms with Crippen molar-refractivity contribution in [3.05, 3.63) is 0 Å². The summed E-state index contributed by atoms with van der Waals surface area (Å²) in [5.41, 5.74) is 0. The summed E-state index contributed by atoms with van der Waals surface area (Å²) in [5.74, 6) is -2.98. The van der Waals surface area contributed by atoms with Crippen molar-refractivity contribution in [3.8, 4) is 0 Å². The Hall–Kier alpha value is -0.260. The van der Waals surface area contributed by atoms with E-state index in [4.69, 9.17) is 5.11 Å². The number of hydrogen-bond donors (Lipinski definition) is 2. The van der Waals surface area contributed by atoms with Crippen LogP contribution in [-0.2, 0) is 0 Å².